The maximum atomic E-state index is 13.3. The third-order valence-electron chi connectivity index (χ3n) is 4.20. The summed E-state index contributed by atoms with van der Waals surface area (Å²) in [5.41, 5.74) is 3.56. The lowest BCUT2D eigenvalue weighted by Gasteiger charge is -2.13. The number of hydrogen-bond acceptors (Lipinski definition) is 5. The van der Waals surface area contributed by atoms with Gasteiger partial charge in [-0.15, -0.1) is 0 Å². The van der Waals surface area contributed by atoms with Gasteiger partial charge in [-0.2, -0.15) is 13.2 Å². The Morgan fingerprint density at radius 3 is 2.41 bits per heavy atom. The second-order valence-electron chi connectivity index (χ2n) is 5.90. The molecule has 3 aromatic rings. The lowest BCUT2D eigenvalue weighted by atomic mass is 10.2. The van der Waals surface area contributed by atoms with Crippen LogP contribution in [0.2, 0.25) is 0 Å². The Hall–Kier alpha value is -3.37. The van der Waals surface area contributed by atoms with Gasteiger partial charge in [0.2, 0.25) is 5.82 Å². The van der Waals surface area contributed by atoms with Crippen molar-refractivity contribution in [2.45, 2.75) is 12.7 Å². The Kier molecular flexibility index (Phi) is 4.17. The van der Waals surface area contributed by atoms with E-state index >= 15 is 0 Å². The van der Waals surface area contributed by atoms with Gasteiger partial charge in [-0.3, -0.25) is 18.7 Å². The van der Waals surface area contributed by atoms with Crippen LogP contribution in [0.25, 0.3) is 11.0 Å². The molecule has 2 aromatic heterocycles. The van der Waals surface area contributed by atoms with Gasteiger partial charge >= 0.3 is 11.9 Å². The second-order valence-corrected chi connectivity index (χ2v) is 5.90. The van der Waals surface area contributed by atoms with E-state index in [1.807, 2.05) is 0 Å². The molecule has 0 saturated carbocycles. The number of halogens is 3. The van der Waals surface area contributed by atoms with Crippen LogP contribution in [0.4, 0.5) is 19.0 Å². The van der Waals surface area contributed by atoms with Gasteiger partial charge in [0.25, 0.3) is 5.56 Å². The summed E-state index contributed by atoms with van der Waals surface area (Å²) in [4.78, 5) is 40.3. The standard InChI is InChI=1S/C16H14F3N5O3/c1-22-12(20)11(13(26)23(2)15(22)27)10(25)7-24-9-6-4-3-5-8(9)21-14(24)16(17,18)19/h3-6H,7,20H2,1-2H3. The van der Waals surface area contributed by atoms with Crippen LogP contribution in [-0.4, -0.2) is 24.5 Å². The predicted octanol–water partition coefficient (Wildman–Crippen LogP) is 0.918. The molecule has 2 heterocycles. The fraction of sp³-hybridized carbons (Fsp3) is 0.250. The van der Waals surface area contributed by atoms with Crippen molar-refractivity contribution < 1.29 is 18.0 Å². The van der Waals surface area contributed by atoms with Crippen molar-refractivity contribution in [3.05, 3.63) is 56.5 Å². The third kappa shape index (κ3) is 2.90. The number of rotatable bonds is 3. The minimum Gasteiger partial charge on any atom is -0.384 e. The number of anilines is 1. The number of carbonyl (C=O) groups excluding carboxylic acids is 1. The van der Waals surface area contributed by atoms with Crippen LogP contribution >= 0.6 is 0 Å². The number of imidazole rings is 1. The molecule has 1 aromatic carbocycles. The number of nitrogen functional groups attached to an aromatic ring is 1. The summed E-state index contributed by atoms with van der Waals surface area (Å²) < 4.78 is 42.3. The van der Waals surface area contributed by atoms with Crippen molar-refractivity contribution in [2.75, 3.05) is 5.73 Å². The molecular formula is C16H14F3N5O3. The molecule has 0 atom stereocenters. The van der Waals surface area contributed by atoms with Gasteiger partial charge in [-0.1, -0.05) is 12.1 Å². The van der Waals surface area contributed by atoms with Gasteiger partial charge in [0.05, 0.1) is 17.6 Å². The monoisotopic (exact) mass is 381 g/mol. The summed E-state index contributed by atoms with van der Waals surface area (Å²) in [5.74, 6) is -2.64. The van der Waals surface area contributed by atoms with Crippen LogP contribution in [0.1, 0.15) is 16.2 Å². The molecule has 0 aliphatic carbocycles. The predicted molar refractivity (Wildman–Crippen MR) is 90.4 cm³/mol. The number of fused-ring (bicyclic) bond motifs is 1. The molecule has 0 unspecified atom stereocenters. The van der Waals surface area contributed by atoms with Crippen LogP contribution < -0.4 is 17.0 Å². The molecule has 3 rings (SSSR count). The van der Waals surface area contributed by atoms with E-state index in [1.54, 1.807) is 0 Å². The number of nitrogens with zero attached hydrogens (tertiary/aromatic N) is 4. The lowest BCUT2D eigenvalue weighted by Crippen LogP contribution is -2.42. The molecule has 0 bridgehead atoms. The summed E-state index contributed by atoms with van der Waals surface area (Å²) in [6, 6.07) is 5.78. The van der Waals surface area contributed by atoms with Gasteiger partial charge in [0, 0.05) is 14.1 Å². The van der Waals surface area contributed by atoms with Gasteiger partial charge < -0.3 is 10.3 Å². The highest BCUT2D eigenvalue weighted by Gasteiger charge is 2.38. The molecule has 0 aliphatic rings. The molecule has 27 heavy (non-hydrogen) atoms. The van der Waals surface area contributed by atoms with Crippen LogP contribution in [0.5, 0.6) is 0 Å². The molecule has 0 amide bonds. The number of aromatic nitrogens is 4. The van der Waals surface area contributed by atoms with E-state index in [0.29, 0.717) is 9.13 Å². The highest BCUT2D eigenvalue weighted by atomic mass is 19.4. The van der Waals surface area contributed by atoms with Crippen LogP contribution in [0.15, 0.2) is 33.9 Å². The van der Waals surface area contributed by atoms with Gasteiger partial charge in [0.1, 0.15) is 11.4 Å². The van der Waals surface area contributed by atoms with E-state index in [2.05, 4.69) is 4.98 Å². The summed E-state index contributed by atoms with van der Waals surface area (Å²) in [7, 11) is 2.40. The van der Waals surface area contributed by atoms with Gasteiger partial charge in [0.15, 0.2) is 5.78 Å². The zero-order valence-electron chi connectivity index (χ0n) is 14.2. The average molecular weight is 381 g/mol. The molecule has 0 saturated heterocycles. The quantitative estimate of drug-likeness (QED) is 0.680. The Balaban J connectivity index is 2.19. The molecular weight excluding hydrogens is 367 g/mol. The first-order valence-electron chi connectivity index (χ1n) is 7.65. The number of benzene rings is 1. The number of para-hydroxylation sites is 2. The van der Waals surface area contributed by atoms with Crippen LogP contribution in [0, 0.1) is 0 Å². The molecule has 142 valence electrons. The highest BCUT2D eigenvalue weighted by Crippen LogP contribution is 2.31. The first-order valence-corrected chi connectivity index (χ1v) is 7.65. The van der Waals surface area contributed by atoms with E-state index in [4.69, 9.17) is 5.73 Å². The van der Waals surface area contributed by atoms with Crippen molar-refractivity contribution in [1.82, 2.24) is 18.7 Å². The average Bonchev–Trinajstić information content (AvgIpc) is 2.97. The summed E-state index contributed by atoms with van der Waals surface area (Å²) in [6.07, 6.45) is -4.81. The molecule has 8 nitrogen and oxygen atoms in total. The summed E-state index contributed by atoms with van der Waals surface area (Å²) in [5, 5.41) is 0. The molecule has 11 heteroatoms. The Morgan fingerprint density at radius 1 is 1.15 bits per heavy atom. The molecule has 0 radical (unpaired) electrons. The lowest BCUT2D eigenvalue weighted by molar-refractivity contribution is -0.146. The Labute approximate surface area is 149 Å². The molecule has 0 fully saturated rings. The topological polar surface area (TPSA) is 105 Å². The van der Waals surface area contributed by atoms with Gasteiger partial charge in [-0.05, 0) is 12.1 Å². The number of nitrogens with two attached hydrogens (primary N) is 1. The van der Waals surface area contributed by atoms with Crippen LogP contribution in [-0.2, 0) is 26.8 Å². The van der Waals surface area contributed by atoms with E-state index in [1.165, 1.54) is 31.3 Å². The fourth-order valence-corrected chi connectivity index (χ4v) is 2.80. The van der Waals surface area contributed by atoms with E-state index in [-0.39, 0.29) is 11.0 Å². The Morgan fingerprint density at radius 2 is 1.78 bits per heavy atom. The second kappa shape index (κ2) is 6.11. The first kappa shape index (κ1) is 18.4. The van der Waals surface area contributed by atoms with E-state index in [9.17, 15) is 27.6 Å². The highest BCUT2D eigenvalue weighted by molar-refractivity contribution is 6.00. The number of ketones is 1. The SMILES string of the molecule is Cn1c(N)c(C(=O)Cn2c(C(F)(F)F)nc3ccccc32)c(=O)n(C)c1=O. The smallest absolute Gasteiger partial charge is 0.384 e. The third-order valence-corrected chi connectivity index (χ3v) is 4.20. The molecule has 2 N–H and O–H groups in total. The number of hydrogen-bond donors (Lipinski definition) is 1. The summed E-state index contributed by atoms with van der Waals surface area (Å²) in [6.45, 7) is -0.812. The number of Topliss-reactive ketones (excluding diaryl/α,β-unsaturated/α-hetero) is 1. The normalized spacial score (nSPS) is 11.9. The van der Waals surface area contributed by atoms with Gasteiger partial charge in [-0.25, -0.2) is 9.78 Å². The molecule has 0 spiro atoms. The Bertz CT molecular complexity index is 1190. The van der Waals surface area contributed by atoms with E-state index in [0.717, 1.165) is 11.6 Å². The first-order chi connectivity index (χ1) is 12.5. The van der Waals surface area contributed by atoms with Crippen molar-refractivity contribution in [3.8, 4) is 0 Å². The largest absolute Gasteiger partial charge is 0.449 e. The summed E-state index contributed by atoms with van der Waals surface area (Å²) >= 11 is 0. The molecule has 0 aliphatic heterocycles. The maximum absolute atomic E-state index is 13.3. The maximum Gasteiger partial charge on any atom is 0.449 e. The van der Waals surface area contributed by atoms with Crippen molar-refractivity contribution >= 4 is 22.6 Å². The van der Waals surface area contributed by atoms with Crippen LogP contribution in [0.3, 0.4) is 0 Å². The van der Waals surface area contributed by atoms with E-state index < -0.39 is 47.0 Å². The number of carbonyl (C=O) groups is 1. The van der Waals surface area contributed by atoms with Crippen molar-refractivity contribution in [2.24, 2.45) is 14.1 Å². The van der Waals surface area contributed by atoms with Crippen molar-refractivity contribution in [3.63, 3.8) is 0 Å². The fourth-order valence-electron chi connectivity index (χ4n) is 2.80. The number of alkyl halides is 3. The minimum absolute atomic E-state index is 0.0546. The zero-order valence-corrected chi connectivity index (χ0v) is 14.2. The zero-order chi connectivity index (χ0) is 20.1. The minimum atomic E-state index is -4.81. The van der Waals surface area contributed by atoms with Crippen molar-refractivity contribution in [1.29, 1.82) is 0 Å².